The van der Waals surface area contributed by atoms with Gasteiger partial charge in [-0.2, -0.15) is 0 Å². The second-order valence-corrected chi connectivity index (χ2v) is 6.76. The molecule has 0 saturated heterocycles. The van der Waals surface area contributed by atoms with E-state index in [1.54, 1.807) is 11.3 Å². The lowest BCUT2D eigenvalue weighted by Gasteiger charge is -1.98. The van der Waals surface area contributed by atoms with E-state index < -0.39 is 0 Å². The fourth-order valence-electron chi connectivity index (χ4n) is 2.25. The normalized spacial score (nSPS) is 10.8. The van der Waals surface area contributed by atoms with Crippen LogP contribution in [-0.2, 0) is 13.0 Å². The quantitative estimate of drug-likeness (QED) is 0.738. The third-order valence-electron chi connectivity index (χ3n) is 3.22. The number of thiazole rings is 1. The molecule has 0 aliphatic heterocycles. The zero-order valence-corrected chi connectivity index (χ0v) is 13.8. The maximum absolute atomic E-state index is 5.86. The van der Waals surface area contributed by atoms with Crippen molar-refractivity contribution < 1.29 is 0 Å². The zero-order valence-electron chi connectivity index (χ0n) is 11.4. The van der Waals surface area contributed by atoms with E-state index in [0.29, 0.717) is 6.54 Å². The average molecular weight is 359 g/mol. The van der Waals surface area contributed by atoms with Crippen LogP contribution in [0.25, 0.3) is 10.4 Å². The molecule has 4 heteroatoms. The molecule has 0 saturated carbocycles. The Kier molecular flexibility index (Phi) is 4.48. The zero-order chi connectivity index (χ0) is 14.7. The third kappa shape index (κ3) is 3.40. The summed E-state index contributed by atoms with van der Waals surface area (Å²) >= 11 is 5.24. The van der Waals surface area contributed by atoms with Gasteiger partial charge in [0.2, 0.25) is 0 Å². The first-order valence-electron chi connectivity index (χ1n) is 6.75. The van der Waals surface area contributed by atoms with E-state index in [4.69, 9.17) is 10.7 Å². The number of rotatable bonds is 4. The van der Waals surface area contributed by atoms with E-state index in [9.17, 15) is 0 Å². The molecule has 2 N–H and O–H groups in total. The Labute approximate surface area is 136 Å². The minimum atomic E-state index is 0.471. The van der Waals surface area contributed by atoms with Crippen LogP contribution in [0.15, 0.2) is 59.1 Å². The molecule has 106 valence electrons. The minimum Gasteiger partial charge on any atom is -0.325 e. The Balaban J connectivity index is 1.93. The molecule has 0 unspecified atom stereocenters. The lowest BCUT2D eigenvalue weighted by Crippen LogP contribution is -1.98. The van der Waals surface area contributed by atoms with E-state index in [2.05, 4.69) is 46.3 Å². The molecule has 0 amide bonds. The Bertz CT molecular complexity index is 738. The SMILES string of the molecule is NCc1nc(Cc2cccc(Br)c2)sc1-c1ccccc1. The van der Waals surface area contributed by atoms with E-state index >= 15 is 0 Å². The lowest BCUT2D eigenvalue weighted by molar-refractivity contribution is 0.984. The molecule has 1 heterocycles. The van der Waals surface area contributed by atoms with Gasteiger partial charge in [-0.05, 0) is 23.3 Å². The highest BCUT2D eigenvalue weighted by Gasteiger charge is 2.12. The minimum absolute atomic E-state index is 0.471. The van der Waals surface area contributed by atoms with Crippen molar-refractivity contribution in [3.8, 4) is 10.4 Å². The van der Waals surface area contributed by atoms with Gasteiger partial charge in [0.05, 0.1) is 15.6 Å². The van der Waals surface area contributed by atoms with E-state index in [-0.39, 0.29) is 0 Å². The smallest absolute Gasteiger partial charge is 0.0979 e. The van der Waals surface area contributed by atoms with E-state index in [1.807, 2.05) is 24.3 Å². The summed E-state index contributed by atoms with van der Waals surface area (Å²) in [6.07, 6.45) is 0.837. The van der Waals surface area contributed by atoms with Gasteiger partial charge in [0.25, 0.3) is 0 Å². The Morgan fingerprint density at radius 2 is 1.86 bits per heavy atom. The molecule has 0 aliphatic carbocycles. The molecule has 0 spiro atoms. The van der Waals surface area contributed by atoms with Gasteiger partial charge < -0.3 is 5.73 Å². The monoisotopic (exact) mass is 358 g/mol. The van der Waals surface area contributed by atoms with Gasteiger partial charge in [0.1, 0.15) is 0 Å². The second-order valence-electron chi connectivity index (χ2n) is 4.76. The van der Waals surface area contributed by atoms with Crippen LogP contribution in [0.2, 0.25) is 0 Å². The van der Waals surface area contributed by atoms with Crippen LogP contribution in [0.3, 0.4) is 0 Å². The van der Waals surface area contributed by atoms with Crippen molar-refractivity contribution in [2.45, 2.75) is 13.0 Å². The predicted octanol–water partition coefficient (Wildman–Crippen LogP) is 4.62. The molecular formula is C17H15BrN2S. The summed E-state index contributed by atoms with van der Waals surface area (Å²) in [5, 5.41) is 1.10. The summed E-state index contributed by atoms with van der Waals surface area (Å²) in [5.41, 5.74) is 9.28. The van der Waals surface area contributed by atoms with E-state index in [0.717, 1.165) is 21.6 Å². The number of nitrogens with two attached hydrogens (primary N) is 1. The van der Waals surface area contributed by atoms with Gasteiger partial charge in [-0.1, -0.05) is 58.4 Å². The van der Waals surface area contributed by atoms with Crippen LogP contribution >= 0.6 is 27.3 Å². The number of halogens is 1. The second kappa shape index (κ2) is 6.52. The molecule has 0 atom stereocenters. The van der Waals surface area contributed by atoms with Crippen molar-refractivity contribution in [3.63, 3.8) is 0 Å². The third-order valence-corrected chi connectivity index (χ3v) is 4.86. The lowest BCUT2D eigenvalue weighted by atomic mass is 10.1. The summed E-state index contributed by atoms with van der Waals surface area (Å²) in [6.45, 7) is 0.471. The number of nitrogens with zero attached hydrogens (tertiary/aromatic N) is 1. The molecular weight excluding hydrogens is 344 g/mol. The summed E-state index contributed by atoms with van der Waals surface area (Å²) in [7, 11) is 0. The molecule has 2 aromatic carbocycles. The summed E-state index contributed by atoms with van der Waals surface area (Å²) in [6, 6.07) is 18.7. The Morgan fingerprint density at radius 1 is 1.05 bits per heavy atom. The molecule has 3 rings (SSSR count). The van der Waals surface area contributed by atoms with Crippen LogP contribution in [0, 0.1) is 0 Å². The van der Waals surface area contributed by atoms with Gasteiger partial charge in [-0.3, -0.25) is 0 Å². The first-order chi connectivity index (χ1) is 10.3. The van der Waals surface area contributed by atoms with Gasteiger partial charge in [-0.25, -0.2) is 4.98 Å². The van der Waals surface area contributed by atoms with Crippen molar-refractivity contribution in [1.29, 1.82) is 0 Å². The first kappa shape index (κ1) is 14.4. The van der Waals surface area contributed by atoms with Crippen LogP contribution in [0.5, 0.6) is 0 Å². The molecule has 2 nitrogen and oxygen atoms in total. The van der Waals surface area contributed by atoms with Crippen molar-refractivity contribution in [2.24, 2.45) is 5.73 Å². The molecule has 0 fully saturated rings. The molecule has 0 aliphatic rings. The van der Waals surface area contributed by atoms with Gasteiger partial charge >= 0.3 is 0 Å². The first-order valence-corrected chi connectivity index (χ1v) is 8.35. The number of hydrogen-bond donors (Lipinski definition) is 1. The maximum Gasteiger partial charge on any atom is 0.0979 e. The number of benzene rings is 2. The fourth-order valence-corrected chi connectivity index (χ4v) is 3.83. The maximum atomic E-state index is 5.86. The van der Waals surface area contributed by atoms with Crippen LogP contribution in [-0.4, -0.2) is 4.98 Å². The number of aromatic nitrogens is 1. The standard InChI is InChI=1S/C17H15BrN2S/c18-14-8-4-5-12(9-14)10-16-20-15(11-19)17(21-16)13-6-2-1-3-7-13/h1-9H,10-11,19H2. The molecule has 1 aromatic heterocycles. The molecule has 3 aromatic rings. The van der Waals surface area contributed by atoms with Crippen molar-refractivity contribution in [1.82, 2.24) is 4.98 Å². The van der Waals surface area contributed by atoms with Gasteiger partial charge in [0.15, 0.2) is 0 Å². The highest BCUT2D eigenvalue weighted by Crippen LogP contribution is 2.31. The summed E-state index contributed by atoms with van der Waals surface area (Å²) in [5.74, 6) is 0. The molecule has 0 bridgehead atoms. The average Bonchev–Trinajstić information content (AvgIpc) is 2.91. The highest BCUT2D eigenvalue weighted by molar-refractivity contribution is 9.10. The van der Waals surface area contributed by atoms with Crippen LogP contribution in [0.1, 0.15) is 16.3 Å². The fraction of sp³-hybridized carbons (Fsp3) is 0.118. The Hall–Kier alpha value is -1.49. The largest absolute Gasteiger partial charge is 0.325 e. The predicted molar refractivity (Wildman–Crippen MR) is 92.4 cm³/mol. The van der Waals surface area contributed by atoms with Crippen LogP contribution in [0.4, 0.5) is 0 Å². The van der Waals surface area contributed by atoms with Gasteiger partial charge in [-0.15, -0.1) is 11.3 Å². The summed E-state index contributed by atoms with van der Waals surface area (Å²) < 4.78 is 1.10. The topological polar surface area (TPSA) is 38.9 Å². The Morgan fingerprint density at radius 3 is 2.57 bits per heavy atom. The molecule has 21 heavy (non-hydrogen) atoms. The van der Waals surface area contributed by atoms with Crippen molar-refractivity contribution in [3.05, 3.63) is 75.3 Å². The van der Waals surface area contributed by atoms with Gasteiger partial charge in [0, 0.05) is 17.4 Å². The highest BCUT2D eigenvalue weighted by atomic mass is 79.9. The molecule has 0 radical (unpaired) electrons. The van der Waals surface area contributed by atoms with Crippen molar-refractivity contribution >= 4 is 27.3 Å². The van der Waals surface area contributed by atoms with E-state index in [1.165, 1.54) is 16.0 Å². The summed E-state index contributed by atoms with van der Waals surface area (Å²) in [4.78, 5) is 5.89. The number of hydrogen-bond acceptors (Lipinski definition) is 3. The van der Waals surface area contributed by atoms with Crippen molar-refractivity contribution in [2.75, 3.05) is 0 Å². The van der Waals surface area contributed by atoms with Crippen LogP contribution < -0.4 is 5.73 Å².